The number of hydrogen-bond acceptors (Lipinski definition) is 7. The number of nitrogens with one attached hydrogen (secondary N) is 2. The molecule has 4 rings (SSSR count). The number of pyridine rings is 1. The van der Waals surface area contributed by atoms with Crippen LogP contribution in [0.25, 0.3) is 21.8 Å². The van der Waals surface area contributed by atoms with Gasteiger partial charge in [0.05, 0.1) is 12.6 Å². The molecule has 2 heterocycles. The van der Waals surface area contributed by atoms with Crippen LogP contribution in [-0.4, -0.2) is 46.1 Å². The predicted octanol–water partition coefficient (Wildman–Crippen LogP) is 4.19. The summed E-state index contributed by atoms with van der Waals surface area (Å²) >= 11 is 6.05. The molecule has 10 heteroatoms. The van der Waals surface area contributed by atoms with Crippen LogP contribution >= 0.6 is 11.6 Å². The Bertz CT molecular complexity index is 1430. The minimum absolute atomic E-state index is 0.0223. The highest BCUT2D eigenvalue weighted by molar-refractivity contribution is 6.31. The number of carboxylic acid groups (broad SMARTS) is 1. The Labute approximate surface area is 198 Å². The van der Waals surface area contributed by atoms with Crippen molar-refractivity contribution in [3.05, 3.63) is 64.8 Å². The fraction of sp³-hybridized carbons (Fsp3) is 0.167. The van der Waals surface area contributed by atoms with Gasteiger partial charge in [0.2, 0.25) is 0 Å². The maximum absolute atomic E-state index is 12.6. The van der Waals surface area contributed by atoms with E-state index in [4.69, 9.17) is 21.1 Å². The number of halogens is 1. The van der Waals surface area contributed by atoms with Crippen molar-refractivity contribution in [2.24, 2.45) is 0 Å². The normalized spacial score (nSPS) is 11.9. The van der Waals surface area contributed by atoms with Crippen LogP contribution in [0.4, 0.5) is 5.82 Å². The Balaban J connectivity index is 1.73. The number of nitrogens with zero attached hydrogens (tertiary/aromatic N) is 1. The van der Waals surface area contributed by atoms with Crippen molar-refractivity contribution in [3.63, 3.8) is 0 Å². The zero-order valence-corrected chi connectivity index (χ0v) is 19.0. The van der Waals surface area contributed by atoms with Gasteiger partial charge in [0.1, 0.15) is 23.2 Å². The lowest BCUT2D eigenvalue weighted by Crippen LogP contribution is -2.32. The van der Waals surface area contributed by atoms with Crippen molar-refractivity contribution in [3.8, 4) is 5.75 Å². The van der Waals surface area contributed by atoms with E-state index in [2.05, 4.69) is 15.3 Å². The first-order chi connectivity index (χ1) is 16.2. The summed E-state index contributed by atoms with van der Waals surface area (Å²) in [6.07, 6.45) is 1.80. The molecule has 0 spiro atoms. The molecule has 3 N–H and O–H groups in total. The summed E-state index contributed by atoms with van der Waals surface area (Å²) in [5.74, 6) is -2.29. The molecule has 0 aliphatic rings. The molecule has 0 aliphatic carbocycles. The highest BCUT2D eigenvalue weighted by Gasteiger charge is 2.25. The van der Waals surface area contributed by atoms with Crippen LogP contribution in [0.3, 0.4) is 0 Å². The molecule has 2 aromatic heterocycles. The molecule has 2 aromatic carbocycles. The number of fused-ring (bicyclic) bond motifs is 2. The number of benzene rings is 2. The first-order valence-corrected chi connectivity index (χ1v) is 10.6. The molecule has 0 bridgehead atoms. The molecule has 0 radical (unpaired) electrons. The number of anilines is 1. The zero-order chi connectivity index (χ0) is 24.4. The molecule has 1 unspecified atom stereocenters. The average molecular weight is 482 g/mol. The minimum atomic E-state index is -1.15. The van der Waals surface area contributed by atoms with Crippen LogP contribution in [0.1, 0.15) is 22.8 Å². The van der Waals surface area contributed by atoms with Crippen LogP contribution < -0.4 is 10.1 Å². The zero-order valence-electron chi connectivity index (χ0n) is 18.2. The van der Waals surface area contributed by atoms with Crippen molar-refractivity contribution < 1.29 is 29.0 Å². The molecule has 0 amide bonds. The van der Waals surface area contributed by atoms with Crippen molar-refractivity contribution in [2.75, 3.05) is 12.4 Å². The number of carboxylic acids is 1. The van der Waals surface area contributed by atoms with Crippen molar-refractivity contribution in [1.29, 1.82) is 0 Å². The van der Waals surface area contributed by atoms with E-state index in [9.17, 15) is 19.5 Å². The summed E-state index contributed by atoms with van der Waals surface area (Å²) in [7, 11) is 1.55. The van der Waals surface area contributed by atoms with E-state index in [0.717, 1.165) is 23.4 Å². The second kappa shape index (κ2) is 9.40. The van der Waals surface area contributed by atoms with Crippen LogP contribution in [-0.2, 0) is 20.7 Å². The Morgan fingerprint density at radius 1 is 1.18 bits per heavy atom. The van der Waals surface area contributed by atoms with E-state index >= 15 is 0 Å². The largest absolute Gasteiger partial charge is 0.497 e. The smallest absolute Gasteiger partial charge is 0.349 e. The first-order valence-electron chi connectivity index (χ1n) is 10.2. The van der Waals surface area contributed by atoms with E-state index in [1.807, 2.05) is 12.1 Å². The molecule has 0 saturated carbocycles. The summed E-state index contributed by atoms with van der Waals surface area (Å²) in [6.45, 7) is 1.10. The molecule has 174 valence electrons. The SMILES string of the molecule is COc1ccc2[nH]cc(CC(Nc3nc4ccc(Cl)cc4cc3C(=O)OC(C)=O)C(=O)O)c2c1. The monoisotopic (exact) mass is 481 g/mol. The Morgan fingerprint density at radius 2 is 1.97 bits per heavy atom. The van der Waals surface area contributed by atoms with E-state index in [1.165, 1.54) is 6.07 Å². The highest BCUT2D eigenvalue weighted by atomic mass is 35.5. The minimum Gasteiger partial charge on any atom is -0.497 e. The number of ether oxygens (including phenoxy) is 2. The molecule has 4 aromatic rings. The van der Waals surface area contributed by atoms with Gasteiger partial charge >= 0.3 is 17.9 Å². The van der Waals surface area contributed by atoms with Gasteiger partial charge in [-0.3, -0.25) is 4.79 Å². The van der Waals surface area contributed by atoms with Gasteiger partial charge in [0.15, 0.2) is 0 Å². The quantitative estimate of drug-likeness (QED) is 0.264. The lowest BCUT2D eigenvalue weighted by molar-refractivity contribution is -0.138. The average Bonchev–Trinajstić information content (AvgIpc) is 3.19. The molecule has 0 saturated heterocycles. The highest BCUT2D eigenvalue weighted by Crippen LogP contribution is 2.27. The number of aromatic nitrogens is 2. The van der Waals surface area contributed by atoms with Gasteiger partial charge in [0, 0.05) is 40.9 Å². The summed E-state index contributed by atoms with van der Waals surface area (Å²) in [5, 5.41) is 14.5. The fourth-order valence-corrected chi connectivity index (χ4v) is 3.82. The Hall–Kier alpha value is -4.11. The van der Waals surface area contributed by atoms with Crippen molar-refractivity contribution in [2.45, 2.75) is 19.4 Å². The number of rotatable bonds is 7. The van der Waals surface area contributed by atoms with Gasteiger partial charge < -0.3 is 24.9 Å². The number of hydrogen-bond donors (Lipinski definition) is 3. The third kappa shape index (κ3) is 4.79. The lowest BCUT2D eigenvalue weighted by atomic mass is 10.0. The molecular formula is C24H20ClN3O6. The van der Waals surface area contributed by atoms with Crippen LogP contribution in [0, 0.1) is 0 Å². The Kier molecular flexibility index (Phi) is 6.38. The molecule has 9 nitrogen and oxygen atoms in total. The molecule has 0 aliphatic heterocycles. The van der Waals surface area contributed by atoms with Gasteiger partial charge in [-0.2, -0.15) is 0 Å². The maximum atomic E-state index is 12.6. The molecule has 1 atom stereocenters. The van der Waals surface area contributed by atoms with Gasteiger partial charge in [-0.1, -0.05) is 11.6 Å². The third-order valence-corrected chi connectivity index (χ3v) is 5.48. The fourth-order valence-electron chi connectivity index (χ4n) is 3.64. The standard InChI is InChI=1S/C24H20ClN3O6/c1-12(29)34-24(32)18-8-13-7-15(25)3-5-19(13)27-22(18)28-21(23(30)31)9-14-11-26-20-6-4-16(33-2)10-17(14)20/h3-8,10-11,21,26H,9H2,1-2H3,(H,27,28)(H,30,31). The summed E-state index contributed by atoms with van der Waals surface area (Å²) in [6, 6.07) is 10.6. The van der Waals surface area contributed by atoms with E-state index in [1.54, 1.807) is 37.6 Å². The number of carbonyl (C=O) groups excluding carboxylic acids is 2. The van der Waals surface area contributed by atoms with Crippen LogP contribution in [0.5, 0.6) is 5.75 Å². The van der Waals surface area contributed by atoms with Gasteiger partial charge in [-0.15, -0.1) is 0 Å². The van der Waals surface area contributed by atoms with Gasteiger partial charge in [-0.05, 0) is 48.0 Å². The van der Waals surface area contributed by atoms with Crippen molar-refractivity contribution >= 4 is 57.1 Å². The van der Waals surface area contributed by atoms with Crippen molar-refractivity contribution in [1.82, 2.24) is 9.97 Å². The summed E-state index contributed by atoms with van der Waals surface area (Å²) < 4.78 is 10.0. The molecule has 34 heavy (non-hydrogen) atoms. The van der Waals surface area contributed by atoms with Crippen LogP contribution in [0.2, 0.25) is 5.02 Å². The number of aromatic amines is 1. The summed E-state index contributed by atoms with van der Waals surface area (Å²) in [4.78, 5) is 43.6. The summed E-state index contributed by atoms with van der Waals surface area (Å²) in [5.41, 5.74) is 1.95. The van der Waals surface area contributed by atoms with E-state index in [0.29, 0.717) is 21.7 Å². The van der Waals surface area contributed by atoms with Gasteiger partial charge in [0.25, 0.3) is 0 Å². The third-order valence-electron chi connectivity index (χ3n) is 5.24. The van der Waals surface area contributed by atoms with Crippen LogP contribution in [0.15, 0.2) is 48.7 Å². The lowest BCUT2D eigenvalue weighted by Gasteiger charge is -2.17. The predicted molar refractivity (Wildman–Crippen MR) is 126 cm³/mol. The number of H-pyrrole nitrogens is 1. The number of methoxy groups -OCH3 is 1. The van der Waals surface area contributed by atoms with Gasteiger partial charge in [-0.25, -0.2) is 14.6 Å². The first kappa shape index (κ1) is 23.1. The number of aliphatic carboxylic acids is 1. The Morgan fingerprint density at radius 3 is 2.68 bits per heavy atom. The second-order valence-electron chi connectivity index (χ2n) is 7.57. The second-order valence-corrected chi connectivity index (χ2v) is 8.00. The van der Waals surface area contributed by atoms with E-state index in [-0.39, 0.29) is 17.8 Å². The number of carbonyl (C=O) groups is 3. The number of esters is 2. The maximum Gasteiger partial charge on any atom is 0.349 e. The topological polar surface area (TPSA) is 131 Å². The van der Waals surface area contributed by atoms with E-state index < -0.39 is 23.9 Å². The molecular weight excluding hydrogens is 462 g/mol. The molecule has 0 fully saturated rings.